The Morgan fingerprint density at radius 2 is 2.44 bits per heavy atom. The van der Waals surface area contributed by atoms with E-state index in [1.165, 1.54) is 17.3 Å². The van der Waals surface area contributed by atoms with Crippen molar-refractivity contribution in [1.29, 1.82) is 0 Å². The molecule has 16 heavy (non-hydrogen) atoms. The SMILES string of the molecule is CC1CCN(C(=O)Cn2cncn2)CC1O. The van der Waals surface area contributed by atoms with E-state index in [-0.39, 0.29) is 18.4 Å². The molecule has 1 aliphatic rings. The summed E-state index contributed by atoms with van der Waals surface area (Å²) in [5.41, 5.74) is 0. The standard InChI is InChI=1S/C10H16N4O2/c1-8-2-3-13(4-9(8)15)10(16)5-14-7-11-6-12-14/h6-9,15H,2-5H2,1H3. The van der Waals surface area contributed by atoms with Crippen LogP contribution in [0.15, 0.2) is 12.7 Å². The lowest BCUT2D eigenvalue weighted by atomic mass is 9.96. The minimum atomic E-state index is -0.409. The topological polar surface area (TPSA) is 71.2 Å². The van der Waals surface area contributed by atoms with Crippen LogP contribution in [0, 0.1) is 5.92 Å². The summed E-state index contributed by atoms with van der Waals surface area (Å²) in [6.45, 7) is 3.34. The van der Waals surface area contributed by atoms with Gasteiger partial charge >= 0.3 is 0 Å². The number of likely N-dealkylation sites (tertiary alicyclic amines) is 1. The Hall–Kier alpha value is -1.43. The van der Waals surface area contributed by atoms with E-state index in [0.29, 0.717) is 13.1 Å². The maximum absolute atomic E-state index is 11.8. The molecule has 2 rings (SSSR count). The van der Waals surface area contributed by atoms with Gasteiger partial charge in [0.05, 0.1) is 6.10 Å². The average Bonchev–Trinajstić information content (AvgIpc) is 2.74. The van der Waals surface area contributed by atoms with E-state index in [0.717, 1.165) is 6.42 Å². The summed E-state index contributed by atoms with van der Waals surface area (Å²) in [5, 5.41) is 13.6. The number of hydrogen-bond donors (Lipinski definition) is 1. The summed E-state index contributed by atoms with van der Waals surface area (Å²) in [4.78, 5) is 17.3. The lowest BCUT2D eigenvalue weighted by molar-refractivity contribution is -0.136. The molecule has 0 aromatic carbocycles. The largest absolute Gasteiger partial charge is 0.391 e. The molecule has 2 atom stereocenters. The van der Waals surface area contributed by atoms with E-state index in [2.05, 4.69) is 10.1 Å². The molecule has 1 saturated heterocycles. The number of nitrogens with zero attached hydrogens (tertiary/aromatic N) is 4. The molecule has 2 unspecified atom stereocenters. The van der Waals surface area contributed by atoms with Crippen molar-refractivity contribution in [3.63, 3.8) is 0 Å². The van der Waals surface area contributed by atoms with Gasteiger partial charge in [-0.25, -0.2) is 9.67 Å². The molecule has 1 aromatic rings. The molecule has 0 saturated carbocycles. The second-order valence-corrected chi connectivity index (χ2v) is 4.27. The molecule has 1 aromatic heterocycles. The fourth-order valence-electron chi connectivity index (χ4n) is 1.83. The fourth-order valence-corrected chi connectivity index (χ4v) is 1.83. The number of carbonyl (C=O) groups excluding carboxylic acids is 1. The molecule has 6 heteroatoms. The van der Waals surface area contributed by atoms with Crippen LogP contribution in [0.3, 0.4) is 0 Å². The highest BCUT2D eigenvalue weighted by Gasteiger charge is 2.27. The van der Waals surface area contributed by atoms with Crippen LogP contribution in [0.5, 0.6) is 0 Å². The van der Waals surface area contributed by atoms with E-state index in [9.17, 15) is 9.90 Å². The van der Waals surface area contributed by atoms with Gasteiger partial charge in [0, 0.05) is 13.1 Å². The Balaban J connectivity index is 1.90. The highest BCUT2D eigenvalue weighted by Crippen LogP contribution is 2.17. The molecule has 0 radical (unpaired) electrons. The molecule has 2 heterocycles. The molecule has 1 fully saturated rings. The van der Waals surface area contributed by atoms with Crippen molar-refractivity contribution in [3.05, 3.63) is 12.7 Å². The third-order valence-corrected chi connectivity index (χ3v) is 3.04. The molecular formula is C10H16N4O2. The van der Waals surface area contributed by atoms with Gasteiger partial charge in [-0.3, -0.25) is 4.79 Å². The van der Waals surface area contributed by atoms with Gasteiger partial charge in [-0.05, 0) is 12.3 Å². The van der Waals surface area contributed by atoms with Crippen LogP contribution in [0.2, 0.25) is 0 Å². The van der Waals surface area contributed by atoms with Gasteiger partial charge in [0.25, 0.3) is 0 Å². The van der Waals surface area contributed by atoms with Crippen molar-refractivity contribution in [2.75, 3.05) is 13.1 Å². The van der Waals surface area contributed by atoms with E-state index < -0.39 is 6.10 Å². The third-order valence-electron chi connectivity index (χ3n) is 3.04. The van der Waals surface area contributed by atoms with Crippen molar-refractivity contribution in [2.45, 2.75) is 26.0 Å². The Labute approximate surface area is 93.9 Å². The zero-order valence-electron chi connectivity index (χ0n) is 9.28. The minimum absolute atomic E-state index is 0.0172. The third kappa shape index (κ3) is 2.38. The zero-order valence-corrected chi connectivity index (χ0v) is 9.28. The first-order valence-electron chi connectivity index (χ1n) is 5.45. The van der Waals surface area contributed by atoms with E-state index in [1.807, 2.05) is 6.92 Å². The summed E-state index contributed by atoms with van der Waals surface area (Å²) in [6, 6.07) is 0. The number of hydrogen-bond acceptors (Lipinski definition) is 4. The van der Waals surface area contributed by atoms with E-state index in [4.69, 9.17) is 0 Å². The van der Waals surface area contributed by atoms with Crippen LogP contribution < -0.4 is 0 Å². The summed E-state index contributed by atoms with van der Waals surface area (Å²) in [7, 11) is 0. The molecule has 1 amide bonds. The number of rotatable bonds is 2. The normalized spacial score (nSPS) is 25.8. The summed E-state index contributed by atoms with van der Waals surface area (Å²) in [5.74, 6) is 0.256. The van der Waals surface area contributed by atoms with Gasteiger partial charge in [-0.2, -0.15) is 5.10 Å². The smallest absolute Gasteiger partial charge is 0.244 e. The van der Waals surface area contributed by atoms with Gasteiger partial charge in [0.2, 0.25) is 5.91 Å². The summed E-state index contributed by atoms with van der Waals surface area (Å²) < 4.78 is 1.49. The van der Waals surface area contributed by atoms with Crippen LogP contribution in [-0.2, 0) is 11.3 Å². The van der Waals surface area contributed by atoms with Crippen LogP contribution in [-0.4, -0.2) is 49.9 Å². The maximum atomic E-state index is 11.8. The molecule has 6 nitrogen and oxygen atoms in total. The number of amides is 1. The predicted octanol–water partition coefficient (Wildman–Crippen LogP) is -0.493. The molecule has 1 N–H and O–H groups in total. The van der Waals surface area contributed by atoms with Crippen molar-refractivity contribution >= 4 is 5.91 Å². The number of aromatic nitrogens is 3. The Morgan fingerprint density at radius 1 is 1.62 bits per heavy atom. The minimum Gasteiger partial charge on any atom is -0.391 e. The van der Waals surface area contributed by atoms with Crippen molar-refractivity contribution in [2.24, 2.45) is 5.92 Å². The highest BCUT2D eigenvalue weighted by atomic mass is 16.3. The maximum Gasteiger partial charge on any atom is 0.244 e. The highest BCUT2D eigenvalue weighted by molar-refractivity contribution is 5.76. The second-order valence-electron chi connectivity index (χ2n) is 4.27. The first-order valence-corrected chi connectivity index (χ1v) is 5.45. The van der Waals surface area contributed by atoms with Gasteiger partial charge in [0.1, 0.15) is 19.2 Å². The number of aliphatic hydroxyl groups is 1. The summed E-state index contributed by atoms with van der Waals surface area (Å²) in [6.07, 6.45) is 3.36. The average molecular weight is 224 g/mol. The predicted molar refractivity (Wildman–Crippen MR) is 56.4 cm³/mol. The van der Waals surface area contributed by atoms with Crippen LogP contribution >= 0.6 is 0 Å². The zero-order chi connectivity index (χ0) is 11.5. The monoisotopic (exact) mass is 224 g/mol. The molecule has 0 aliphatic carbocycles. The number of β-amino-alcohol motifs (C(OH)–C–C–N with tert-alkyl or cyclic N) is 1. The van der Waals surface area contributed by atoms with Gasteiger partial charge in [-0.15, -0.1) is 0 Å². The second kappa shape index (κ2) is 4.61. The number of carbonyl (C=O) groups is 1. The molecule has 0 bridgehead atoms. The van der Waals surface area contributed by atoms with Crippen molar-refractivity contribution in [3.8, 4) is 0 Å². The lowest BCUT2D eigenvalue weighted by Crippen LogP contribution is -2.46. The van der Waals surface area contributed by atoms with Gasteiger partial charge in [-0.1, -0.05) is 6.92 Å². The fraction of sp³-hybridized carbons (Fsp3) is 0.700. The number of aliphatic hydroxyl groups excluding tert-OH is 1. The van der Waals surface area contributed by atoms with Crippen molar-refractivity contribution in [1.82, 2.24) is 19.7 Å². The Morgan fingerprint density at radius 3 is 3.06 bits per heavy atom. The van der Waals surface area contributed by atoms with Crippen molar-refractivity contribution < 1.29 is 9.90 Å². The number of piperidine rings is 1. The first-order chi connectivity index (χ1) is 7.66. The summed E-state index contributed by atoms with van der Waals surface area (Å²) >= 11 is 0. The van der Waals surface area contributed by atoms with Crippen LogP contribution in [0.25, 0.3) is 0 Å². The Kier molecular flexibility index (Phi) is 3.19. The van der Waals surface area contributed by atoms with E-state index >= 15 is 0 Å². The van der Waals surface area contributed by atoms with E-state index in [1.54, 1.807) is 4.90 Å². The molecular weight excluding hydrogens is 208 g/mol. The first kappa shape index (κ1) is 11.1. The quantitative estimate of drug-likeness (QED) is 0.735. The van der Waals surface area contributed by atoms with Gasteiger partial charge < -0.3 is 10.0 Å². The Bertz CT molecular complexity index is 352. The van der Waals surface area contributed by atoms with Gasteiger partial charge in [0.15, 0.2) is 0 Å². The molecule has 88 valence electrons. The van der Waals surface area contributed by atoms with Crippen LogP contribution in [0.1, 0.15) is 13.3 Å². The molecule has 1 aliphatic heterocycles. The lowest BCUT2D eigenvalue weighted by Gasteiger charge is -2.34. The van der Waals surface area contributed by atoms with Crippen LogP contribution in [0.4, 0.5) is 0 Å². The molecule has 0 spiro atoms.